The zero-order chi connectivity index (χ0) is 12.4. The Labute approximate surface area is 106 Å². The lowest BCUT2D eigenvalue weighted by Gasteiger charge is -1.94. The maximum absolute atomic E-state index is 11.4. The van der Waals surface area contributed by atoms with E-state index in [9.17, 15) is 4.79 Å². The van der Waals surface area contributed by atoms with Crippen LogP contribution in [0.2, 0.25) is 5.02 Å². The van der Waals surface area contributed by atoms with Crippen LogP contribution in [0.15, 0.2) is 6.20 Å². The first-order valence-corrected chi connectivity index (χ1v) is 6.04. The van der Waals surface area contributed by atoms with Gasteiger partial charge < -0.3 is 4.74 Å². The fourth-order valence-corrected chi connectivity index (χ4v) is 1.92. The third-order valence-electron chi connectivity index (χ3n) is 1.90. The molecule has 0 aliphatic carbocycles. The van der Waals surface area contributed by atoms with E-state index in [1.54, 1.807) is 20.0 Å². The van der Waals surface area contributed by atoms with Gasteiger partial charge in [0.1, 0.15) is 0 Å². The number of esters is 1. The van der Waals surface area contributed by atoms with Crippen molar-refractivity contribution in [3.8, 4) is 5.13 Å². The van der Waals surface area contributed by atoms with Crippen molar-refractivity contribution in [2.75, 3.05) is 6.61 Å². The molecule has 2 heterocycles. The van der Waals surface area contributed by atoms with Crippen LogP contribution in [0.25, 0.3) is 5.13 Å². The molecule has 0 amide bonds. The molecular weight excluding hydrogens is 264 g/mol. The third kappa shape index (κ3) is 2.45. The van der Waals surface area contributed by atoms with Crippen molar-refractivity contribution in [3.63, 3.8) is 0 Å². The molecule has 0 saturated heterocycles. The quantitative estimate of drug-likeness (QED) is 0.798. The van der Waals surface area contributed by atoms with Crippen LogP contribution in [-0.4, -0.2) is 32.6 Å². The lowest BCUT2D eigenvalue weighted by Crippen LogP contribution is -2.03. The van der Waals surface area contributed by atoms with Gasteiger partial charge in [0.2, 0.25) is 10.1 Å². The van der Waals surface area contributed by atoms with Gasteiger partial charge >= 0.3 is 5.97 Å². The van der Waals surface area contributed by atoms with Gasteiger partial charge in [0.25, 0.3) is 0 Å². The number of hydrogen-bond donors (Lipinski definition) is 0. The second-order valence-electron chi connectivity index (χ2n) is 3.12. The number of carbonyl (C=O) groups is 1. The minimum Gasteiger partial charge on any atom is -0.461 e. The standard InChI is InChI=1S/C9H9ClN4O2S/c1-3-16-8(15)7-11-12-9(17-7)14-4-6(10)5(2)13-14/h4H,3H2,1-2H3. The highest BCUT2D eigenvalue weighted by atomic mass is 35.5. The molecule has 0 bridgehead atoms. The third-order valence-corrected chi connectivity index (χ3v) is 3.16. The Bertz CT molecular complexity index is 531. The van der Waals surface area contributed by atoms with E-state index in [1.165, 1.54) is 4.68 Å². The Morgan fingerprint density at radius 3 is 2.94 bits per heavy atom. The molecule has 0 aliphatic heterocycles. The molecule has 0 radical (unpaired) electrons. The van der Waals surface area contributed by atoms with E-state index >= 15 is 0 Å². The summed E-state index contributed by atoms with van der Waals surface area (Å²) in [5, 5.41) is 12.9. The molecule has 8 heteroatoms. The Balaban J connectivity index is 2.26. The zero-order valence-corrected chi connectivity index (χ0v) is 10.7. The molecule has 0 atom stereocenters. The summed E-state index contributed by atoms with van der Waals surface area (Å²) >= 11 is 6.98. The SMILES string of the molecule is CCOC(=O)c1nnc(-n2cc(Cl)c(C)n2)s1. The van der Waals surface area contributed by atoms with Crippen LogP contribution in [0.3, 0.4) is 0 Å². The van der Waals surface area contributed by atoms with Crippen LogP contribution >= 0.6 is 22.9 Å². The number of rotatable bonds is 3. The van der Waals surface area contributed by atoms with Crippen LogP contribution in [0.1, 0.15) is 22.4 Å². The normalized spacial score (nSPS) is 10.5. The Kier molecular flexibility index (Phi) is 3.39. The molecule has 0 N–H and O–H groups in total. The molecule has 0 unspecified atom stereocenters. The number of carbonyl (C=O) groups excluding carboxylic acids is 1. The molecule has 0 spiro atoms. The van der Waals surface area contributed by atoms with Crippen molar-refractivity contribution >= 4 is 28.9 Å². The Hall–Kier alpha value is -1.47. The summed E-state index contributed by atoms with van der Waals surface area (Å²) in [5.41, 5.74) is 0.694. The van der Waals surface area contributed by atoms with Crippen molar-refractivity contribution in [1.29, 1.82) is 0 Å². The fourth-order valence-electron chi connectivity index (χ4n) is 1.12. The summed E-state index contributed by atoms with van der Waals surface area (Å²) in [7, 11) is 0. The first kappa shape index (κ1) is 12.0. The lowest BCUT2D eigenvalue weighted by atomic mass is 10.5. The second-order valence-corrected chi connectivity index (χ2v) is 4.48. The predicted octanol–water partition coefficient (Wildman–Crippen LogP) is 1.86. The number of nitrogens with zero attached hydrogens (tertiary/aromatic N) is 4. The summed E-state index contributed by atoms with van der Waals surface area (Å²) in [4.78, 5) is 11.4. The smallest absolute Gasteiger partial charge is 0.369 e. The maximum Gasteiger partial charge on any atom is 0.369 e. The first-order valence-electron chi connectivity index (χ1n) is 4.84. The highest BCUT2D eigenvalue weighted by Gasteiger charge is 2.15. The molecular formula is C9H9ClN4O2S. The molecule has 0 aromatic carbocycles. The van der Waals surface area contributed by atoms with Gasteiger partial charge in [-0.15, -0.1) is 10.2 Å². The van der Waals surface area contributed by atoms with Gasteiger partial charge in [-0.05, 0) is 13.8 Å². The molecule has 2 rings (SSSR count). The Morgan fingerprint density at radius 2 is 2.35 bits per heavy atom. The van der Waals surface area contributed by atoms with E-state index in [4.69, 9.17) is 16.3 Å². The van der Waals surface area contributed by atoms with Crippen molar-refractivity contribution in [3.05, 3.63) is 21.9 Å². The van der Waals surface area contributed by atoms with Gasteiger partial charge in [0.15, 0.2) is 0 Å². The molecule has 0 aliphatic rings. The van der Waals surface area contributed by atoms with E-state index in [2.05, 4.69) is 15.3 Å². The van der Waals surface area contributed by atoms with Gasteiger partial charge in [-0.25, -0.2) is 9.48 Å². The fraction of sp³-hybridized carbons (Fsp3) is 0.333. The average molecular weight is 273 g/mol. The molecule has 0 fully saturated rings. The molecule has 17 heavy (non-hydrogen) atoms. The molecule has 6 nitrogen and oxygen atoms in total. The number of ether oxygens (including phenoxy) is 1. The van der Waals surface area contributed by atoms with Crippen LogP contribution in [0.5, 0.6) is 0 Å². The van der Waals surface area contributed by atoms with Crippen LogP contribution in [0.4, 0.5) is 0 Å². The Morgan fingerprint density at radius 1 is 1.59 bits per heavy atom. The van der Waals surface area contributed by atoms with E-state index in [1.807, 2.05) is 0 Å². The number of aryl methyl sites for hydroxylation is 1. The van der Waals surface area contributed by atoms with Gasteiger partial charge in [0, 0.05) is 0 Å². The summed E-state index contributed by atoms with van der Waals surface area (Å²) < 4.78 is 6.30. The molecule has 0 saturated carbocycles. The van der Waals surface area contributed by atoms with Crippen molar-refractivity contribution in [2.45, 2.75) is 13.8 Å². The topological polar surface area (TPSA) is 69.9 Å². The van der Waals surface area contributed by atoms with Crippen LogP contribution in [-0.2, 0) is 4.74 Å². The van der Waals surface area contributed by atoms with E-state index in [0.717, 1.165) is 11.3 Å². The number of aromatic nitrogens is 4. The zero-order valence-electron chi connectivity index (χ0n) is 9.18. The van der Waals surface area contributed by atoms with E-state index in [0.29, 0.717) is 22.5 Å². The number of halogens is 1. The summed E-state index contributed by atoms with van der Waals surface area (Å²) in [5.74, 6) is -0.480. The maximum atomic E-state index is 11.4. The first-order chi connectivity index (χ1) is 8.11. The summed E-state index contributed by atoms with van der Waals surface area (Å²) in [6.07, 6.45) is 1.62. The van der Waals surface area contributed by atoms with Gasteiger partial charge in [-0.2, -0.15) is 5.10 Å². The predicted molar refractivity (Wildman–Crippen MR) is 62.7 cm³/mol. The highest BCUT2D eigenvalue weighted by molar-refractivity contribution is 7.15. The number of hydrogen-bond acceptors (Lipinski definition) is 6. The molecule has 2 aromatic rings. The van der Waals surface area contributed by atoms with Crippen molar-refractivity contribution in [2.24, 2.45) is 0 Å². The lowest BCUT2D eigenvalue weighted by molar-refractivity contribution is 0.0525. The van der Waals surface area contributed by atoms with E-state index in [-0.39, 0.29) is 5.01 Å². The summed E-state index contributed by atoms with van der Waals surface area (Å²) in [6.45, 7) is 3.82. The average Bonchev–Trinajstić information content (AvgIpc) is 2.87. The van der Waals surface area contributed by atoms with Crippen LogP contribution in [0, 0.1) is 6.92 Å². The monoisotopic (exact) mass is 272 g/mol. The van der Waals surface area contributed by atoms with Gasteiger partial charge in [-0.3, -0.25) is 0 Å². The van der Waals surface area contributed by atoms with Crippen molar-refractivity contribution in [1.82, 2.24) is 20.0 Å². The minimum atomic E-state index is -0.480. The van der Waals surface area contributed by atoms with E-state index < -0.39 is 5.97 Å². The highest BCUT2D eigenvalue weighted by Crippen LogP contribution is 2.19. The molecule has 90 valence electrons. The van der Waals surface area contributed by atoms with Gasteiger partial charge in [-0.1, -0.05) is 22.9 Å². The largest absolute Gasteiger partial charge is 0.461 e. The second kappa shape index (κ2) is 4.80. The van der Waals surface area contributed by atoms with Crippen LogP contribution < -0.4 is 0 Å². The minimum absolute atomic E-state index is 0.200. The van der Waals surface area contributed by atoms with Crippen molar-refractivity contribution < 1.29 is 9.53 Å². The molecule has 2 aromatic heterocycles. The summed E-state index contributed by atoms with van der Waals surface area (Å²) in [6, 6.07) is 0. The van der Waals surface area contributed by atoms with Gasteiger partial charge in [0.05, 0.1) is 23.5 Å².